The number of H-pyrrole nitrogens is 1. The molecule has 0 saturated heterocycles. The highest BCUT2D eigenvalue weighted by molar-refractivity contribution is 6.42. The lowest BCUT2D eigenvalue weighted by atomic mass is 9.95. The second kappa shape index (κ2) is 6.87. The van der Waals surface area contributed by atoms with Gasteiger partial charge in [-0.2, -0.15) is 0 Å². The van der Waals surface area contributed by atoms with Crippen LogP contribution in [0.15, 0.2) is 42.6 Å². The summed E-state index contributed by atoms with van der Waals surface area (Å²) >= 11 is 12.3. The van der Waals surface area contributed by atoms with Crippen LogP contribution in [0.5, 0.6) is 17.2 Å². The Labute approximate surface area is 204 Å². The number of aromatic nitrogens is 3. The standard InChI is InChI=1S/C25H18Cl2N4O3/c26-15-8-17-18(9-16(15)27)30-24(29-17)25-10-14(25)22(25)13-7-11(1-3-19(13)32)34-20-5-6-28-23-12(20)2-4-21(33)31-23/h1,3,5-9,14,22,32H,2,4,10H2,(H,29,30)(H,28,31,33). The normalized spacial score (nSPS) is 24.4. The zero-order valence-electron chi connectivity index (χ0n) is 17.7. The fourth-order valence-electron chi connectivity index (χ4n) is 5.37. The van der Waals surface area contributed by atoms with Gasteiger partial charge in [0.15, 0.2) is 0 Å². The third kappa shape index (κ3) is 2.87. The molecule has 7 rings (SSSR count). The first-order chi connectivity index (χ1) is 16.4. The Morgan fingerprint density at radius 3 is 2.82 bits per heavy atom. The van der Waals surface area contributed by atoms with Gasteiger partial charge in [0, 0.05) is 35.1 Å². The number of benzene rings is 2. The minimum atomic E-state index is -0.103. The van der Waals surface area contributed by atoms with E-state index in [1.54, 1.807) is 36.5 Å². The molecule has 1 amide bonds. The van der Waals surface area contributed by atoms with Gasteiger partial charge >= 0.3 is 0 Å². The number of carbonyl (C=O) groups is 1. The molecule has 3 aliphatic rings. The number of ether oxygens (including phenoxy) is 1. The molecule has 7 nitrogen and oxygen atoms in total. The number of hydrogen-bond acceptors (Lipinski definition) is 5. The minimum Gasteiger partial charge on any atom is -0.508 e. The van der Waals surface area contributed by atoms with Gasteiger partial charge in [-0.15, -0.1) is 0 Å². The molecule has 3 N–H and O–H groups in total. The number of rotatable bonds is 4. The number of fused-ring (bicyclic) bond motifs is 3. The summed E-state index contributed by atoms with van der Waals surface area (Å²) in [6.45, 7) is 0. The lowest BCUT2D eigenvalue weighted by molar-refractivity contribution is -0.116. The number of halogens is 2. The van der Waals surface area contributed by atoms with E-state index in [4.69, 9.17) is 32.9 Å². The van der Waals surface area contributed by atoms with Gasteiger partial charge in [0.1, 0.15) is 28.9 Å². The van der Waals surface area contributed by atoms with Crippen LogP contribution >= 0.6 is 23.2 Å². The number of aromatic hydroxyl groups is 1. The summed E-state index contributed by atoms with van der Waals surface area (Å²) in [7, 11) is 0. The zero-order chi connectivity index (χ0) is 23.2. The Kier molecular flexibility index (Phi) is 4.06. The molecule has 1 aliphatic heterocycles. The van der Waals surface area contributed by atoms with Crippen LogP contribution in [-0.2, 0) is 16.6 Å². The smallest absolute Gasteiger partial charge is 0.225 e. The summed E-state index contributed by atoms with van der Waals surface area (Å²) in [4.78, 5) is 24.1. The van der Waals surface area contributed by atoms with Crippen LogP contribution in [0, 0.1) is 5.92 Å². The molecule has 4 aromatic rings. The van der Waals surface area contributed by atoms with E-state index < -0.39 is 0 Å². The van der Waals surface area contributed by atoms with Gasteiger partial charge in [-0.3, -0.25) is 4.79 Å². The molecule has 9 heteroatoms. The number of imidazole rings is 1. The molecular formula is C25H18Cl2N4O3. The van der Waals surface area contributed by atoms with E-state index in [0.29, 0.717) is 46.1 Å². The van der Waals surface area contributed by atoms with Crippen molar-refractivity contribution in [2.45, 2.75) is 30.6 Å². The number of amides is 1. The highest BCUT2D eigenvalue weighted by Crippen LogP contribution is 2.84. The van der Waals surface area contributed by atoms with Crippen molar-refractivity contribution >= 4 is 46.0 Å². The maximum atomic E-state index is 11.7. The second-order valence-electron chi connectivity index (χ2n) is 9.20. The first-order valence-corrected chi connectivity index (χ1v) is 11.8. The molecule has 3 unspecified atom stereocenters. The first-order valence-electron chi connectivity index (χ1n) is 11.1. The SMILES string of the molecule is O=C1CCc2c(Oc3ccc(O)c(C4C5CC54c4nc5cc(Cl)c(Cl)cc5[nH]4)c3)ccnc2N1. The van der Waals surface area contributed by atoms with Gasteiger partial charge in [-0.25, -0.2) is 9.97 Å². The number of hydrogen-bond donors (Lipinski definition) is 3. The Balaban J connectivity index is 1.20. The number of anilines is 1. The van der Waals surface area contributed by atoms with Crippen LogP contribution in [0.2, 0.25) is 10.0 Å². The fraction of sp³-hybridized carbons (Fsp3) is 0.240. The maximum Gasteiger partial charge on any atom is 0.225 e. The number of phenols is 1. The molecule has 2 aliphatic carbocycles. The minimum absolute atomic E-state index is 0.0440. The highest BCUT2D eigenvalue weighted by atomic mass is 35.5. The summed E-state index contributed by atoms with van der Waals surface area (Å²) in [5.41, 5.74) is 3.26. The van der Waals surface area contributed by atoms with Crippen molar-refractivity contribution in [3.63, 3.8) is 0 Å². The molecule has 0 spiro atoms. The van der Waals surface area contributed by atoms with Crippen LogP contribution in [0.1, 0.15) is 35.7 Å². The van der Waals surface area contributed by atoms with E-state index in [1.165, 1.54) is 0 Å². The molecule has 2 fully saturated rings. The van der Waals surface area contributed by atoms with Gasteiger partial charge in [0.25, 0.3) is 0 Å². The zero-order valence-corrected chi connectivity index (χ0v) is 19.2. The molecule has 2 aromatic carbocycles. The summed E-state index contributed by atoms with van der Waals surface area (Å²) in [5.74, 6) is 3.51. The molecule has 2 aromatic heterocycles. The Hall–Kier alpha value is -3.29. The topological polar surface area (TPSA) is 100 Å². The summed E-state index contributed by atoms with van der Waals surface area (Å²) in [5, 5.41) is 14.4. The number of pyridine rings is 1. The molecule has 0 bridgehead atoms. The van der Waals surface area contributed by atoms with Gasteiger partial charge in [0.2, 0.25) is 5.91 Å². The van der Waals surface area contributed by atoms with Crippen molar-refractivity contribution in [2.75, 3.05) is 5.32 Å². The summed E-state index contributed by atoms with van der Waals surface area (Å²) < 4.78 is 6.19. The van der Waals surface area contributed by atoms with Crippen LogP contribution in [0.4, 0.5) is 5.82 Å². The molecular weight excluding hydrogens is 475 g/mol. The lowest BCUT2D eigenvalue weighted by Gasteiger charge is -2.19. The maximum absolute atomic E-state index is 11.7. The quantitative estimate of drug-likeness (QED) is 0.339. The number of carbonyl (C=O) groups excluding carboxylic acids is 1. The molecule has 170 valence electrons. The van der Waals surface area contributed by atoms with Gasteiger partial charge in [-0.1, -0.05) is 23.2 Å². The third-order valence-corrected chi connectivity index (χ3v) is 8.03. The largest absolute Gasteiger partial charge is 0.508 e. The molecule has 3 atom stereocenters. The van der Waals surface area contributed by atoms with Crippen molar-refractivity contribution in [3.8, 4) is 17.2 Å². The Bertz CT molecular complexity index is 1500. The van der Waals surface area contributed by atoms with Crippen molar-refractivity contribution in [1.29, 1.82) is 0 Å². The number of phenolic OH excluding ortho intramolecular Hbond substituents is 1. The summed E-state index contributed by atoms with van der Waals surface area (Å²) in [6.07, 6.45) is 3.60. The van der Waals surface area contributed by atoms with Crippen molar-refractivity contribution in [3.05, 3.63) is 69.6 Å². The highest BCUT2D eigenvalue weighted by Gasteiger charge is 2.81. The van der Waals surface area contributed by atoms with Crippen LogP contribution in [0.3, 0.4) is 0 Å². The number of aromatic amines is 1. The predicted molar refractivity (Wildman–Crippen MR) is 128 cm³/mol. The number of nitrogens with zero attached hydrogens (tertiary/aromatic N) is 2. The van der Waals surface area contributed by atoms with Crippen molar-refractivity contribution < 1.29 is 14.6 Å². The molecule has 0 radical (unpaired) electrons. The molecule has 2 saturated carbocycles. The van der Waals surface area contributed by atoms with E-state index in [-0.39, 0.29) is 23.0 Å². The van der Waals surface area contributed by atoms with Crippen molar-refractivity contribution in [1.82, 2.24) is 15.0 Å². The van der Waals surface area contributed by atoms with E-state index in [9.17, 15) is 9.90 Å². The Morgan fingerprint density at radius 2 is 1.97 bits per heavy atom. The van der Waals surface area contributed by atoms with Crippen LogP contribution in [0.25, 0.3) is 11.0 Å². The monoisotopic (exact) mass is 492 g/mol. The molecule has 3 heterocycles. The van der Waals surface area contributed by atoms with E-state index >= 15 is 0 Å². The second-order valence-corrected chi connectivity index (χ2v) is 10.0. The summed E-state index contributed by atoms with van der Waals surface area (Å²) in [6, 6.07) is 10.7. The average molecular weight is 493 g/mol. The van der Waals surface area contributed by atoms with E-state index in [2.05, 4.69) is 15.3 Å². The average Bonchev–Trinajstić information content (AvgIpc) is 3.65. The lowest BCUT2D eigenvalue weighted by Crippen LogP contribution is -2.20. The van der Waals surface area contributed by atoms with Gasteiger partial charge in [-0.05, 0) is 55.2 Å². The fourth-order valence-corrected chi connectivity index (χ4v) is 5.69. The van der Waals surface area contributed by atoms with Crippen molar-refractivity contribution in [2.24, 2.45) is 5.92 Å². The van der Waals surface area contributed by atoms with Gasteiger partial charge < -0.3 is 20.1 Å². The van der Waals surface area contributed by atoms with E-state index in [1.807, 2.05) is 6.07 Å². The predicted octanol–water partition coefficient (Wildman–Crippen LogP) is 5.70. The Morgan fingerprint density at radius 1 is 1.12 bits per heavy atom. The van der Waals surface area contributed by atoms with Crippen LogP contribution in [-0.4, -0.2) is 26.0 Å². The van der Waals surface area contributed by atoms with E-state index in [0.717, 1.165) is 34.4 Å². The van der Waals surface area contributed by atoms with Gasteiger partial charge in [0.05, 0.1) is 21.1 Å². The number of nitrogens with one attached hydrogen (secondary N) is 2. The first kappa shape index (κ1) is 20.1. The van der Waals surface area contributed by atoms with Crippen LogP contribution < -0.4 is 10.1 Å². The molecule has 34 heavy (non-hydrogen) atoms. The third-order valence-electron chi connectivity index (χ3n) is 7.31.